The Morgan fingerprint density at radius 2 is 1.74 bits per heavy atom. The topological polar surface area (TPSA) is 55.4 Å². The van der Waals surface area contributed by atoms with Crippen molar-refractivity contribution in [2.45, 2.75) is 13.3 Å². The van der Waals surface area contributed by atoms with E-state index in [2.05, 4.69) is 21.2 Å². The summed E-state index contributed by atoms with van der Waals surface area (Å²) >= 11 is 4.84. The van der Waals surface area contributed by atoms with Gasteiger partial charge in [-0.1, -0.05) is 53.2 Å². The maximum absolute atomic E-state index is 12.6. The van der Waals surface area contributed by atoms with E-state index in [1.54, 1.807) is 24.3 Å². The molecule has 1 aromatic heterocycles. The molecular weight excluding hydrogens is 426 g/mol. The number of carbonyl (C=O) groups excluding carboxylic acids is 2. The van der Waals surface area contributed by atoms with E-state index < -0.39 is 5.97 Å². The number of esters is 1. The minimum absolute atomic E-state index is 0.257. The number of anilines is 1. The third kappa shape index (κ3) is 4.12. The largest absolute Gasteiger partial charge is 0.465 e. The first kappa shape index (κ1) is 19.3. The molecule has 0 fully saturated rings. The summed E-state index contributed by atoms with van der Waals surface area (Å²) in [6, 6.07) is 16.7. The van der Waals surface area contributed by atoms with E-state index in [1.165, 1.54) is 18.4 Å². The lowest BCUT2D eigenvalue weighted by Gasteiger charge is -2.09. The second-order valence-electron chi connectivity index (χ2n) is 5.78. The Bertz CT molecular complexity index is 965. The third-order valence-corrected chi connectivity index (χ3v) is 5.87. The number of rotatable bonds is 5. The molecule has 0 bridgehead atoms. The lowest BCUT2D eigenvalue weighted by Crippen LogP contribution is -2.14. The molecule has 0 aliphatic rings. The average molecular weight is 444 g/mol. The highest BCUT2D eigenvalue weighted by Crippen LogP contribution is 2.41. The van der Waals surface area contributed by atoms with Crippen LogP contribution in [0, 0.1) is 0 Å². The van der Waals surface area contributed by atoms with Crippen molar-refractivity contribution in [3.05, 3.63) is 75.1 Å². The zero-order valence-electron chi connectivity index (χ0n) is 14.9. The molecule has 0 radical (unpaired) electrons. The zero-order valence-corrected chi connectivity index (χ0v) is 17.3. The minimum atomic E-state index is -0.466. The molecule has 1 heterocycles. The molecule has 1 amide bonds. The fourth-order valence-corrected chi connectivity index (χ4v) is 4.21. The van der Waals surface area contributed by atoms with Crippen molar-refractivity contribution in [3.63, 3.8) is 0 Å². The first-order valence-corrected chi connectivity index (χ1v) is 10.0. The molecule has 0 aliphatic carbocycles. The Morgan fingerprint density at radius 1 is 1.07 bits per heavy atom. The Morgan fingerprint density at radius 3 is 2.33 bits per heavy atom. The van der Waals surface area contributed by atoms with Gasteiger partial charge in [0.15, 0.2) is 0 Å². The van der Waals surface area contributed by atoms with E-state index >= 15 is 0 Å². The molecule has 3 rings (SSSR count). The maximum atomic E-state index is 12.6. The minimum Gasteiger partial charge on any atom is -0.465 e. The molecule has 3 aromatic rings. The van der Waals surface area contributed by atoms with Crippen LogP contribution < -0.4 is 5.32 Å². The summed E-state index contributed by atoms with van der Waals surface area (Å²) in [4.78, 5) is 26.2. The van der Waals surface area contributed by atoms with Gasteiger partial charge in [-0.15, -0.1) is 11.3 Å². The van der Waals surface area contributed by atoms with E-state index in [0.717, 1.165) is 26.9 Å². The molecule has 0 unspecified atom stereocenters. The van der Waals surface area contributed by atoms with Crippen molar-refractivity contribution in [1.82, 2.24) is 0 Å². The highest BCUT2D eigenvalue weighted by molar-refractivity contribution is 9.10. The maximum Gasteiger partial charge on any atom is 0.341 e. The summed E-state index contributed by atoms with van der Waals surface area (Å²) < 4.78 is 5.97. The number of amides is 1. The van der Waals surface area contributed by atoms with Crippen LogP contribution in [0.2, 0.25) is 0 Å². The number of halogens is 1. The molecule has 4 nitrogen and oxygen atoms in total. The van der Waals surface area contributed by atoms with Gasteiger partial charge in [0.25, 0.3) is 5.91 Å². The van der Waals surface area contributed by atoms with Crippen molar-refractivity contribution >= 4 is 44.1 Å². The molecule has 0 aliphatic heterocycles. The summed E-state index contributed by atoms with van der Waals surface area (Å²) in [6.07, 6.45) is 0.737. The van der Waals surface area contributed by atoms with Gasteiger partial charge in [-0.05, 0) is 36.2 Å². The van der Waals surface area contributed by atoms with Crippen LogP contribution in [0.1, 0.15) is 32.5 Å². The molecule has 1 N–H and O–H groups in total. The summed E-state index contributed by atoms with van der Waals surface area (Å²) in [6.45, 7) is 2.03. The second kappa shape index (κ2) is 8.50. The van der Waals surface area contributed by atoms with Crippen LogP contribution in [-0.2, 0) is 11.2 Å². The fraction of sp³-hybridized carbons (Fsp3) is 0.143. The average Bonchev–Trinajstić information content (AvgIpc) is 3.06. The number of benzene rings is 2. The van der Waals surface area contributed by atoms with Crippen LogP contribution >= 0.6 is 27.3 Å². The lowest BCUT2D eigenvalue weighted by atomic mass is 10.00. The van der Waals surface area contributed by atoms with Crippen LogP contribution in [0.25, 0.3) is 11.1 Å². The molecule has 138 valence electrons. The van der Waals surface area contributed by atoms with E-state index in [1.807, 2.05) is 37.3 Å². The van der Waals surface area contributed by atoms with Crippen LogP contribution in [0.15, 0.2) is 59.1 Å². The van der Waals surface area contributed by atoms with Gasteiger partial charge in [0.2, 0.25) is 0 Å². The quantitative estimate of drug-likeness (QED) is 0.508. The number of ether oxygens (including phenoxy) is 1. The van der Waals surface area contributed by atoms with Crippen molar-refractivity contribution in [3.8, 4) is 11.1 Å². The molecular formula is C21H18BrNO3S. The highest BCUT2D eigenvalue weighted by Gasteiger charge is 2.26. The van der Waals surface area contributed by atoms with Crippen LogP contribution in [0.3, 0.4) is 0 Å². The van der Waals surface area contributed by atoms with E-state index in [-0.39, 0.29) is 5.91 Å². The molecule has 27 heavy (non-hydrogen) atoms. The van der Waals surface area contributed by atoms with Gasteiger partial charge in [-0.2, -0.15) is 0 Å². The predicted octanol–water partition coefficient (Wildman–Crippen LogP) is 5.78. The molecule has 0 saturated carbocycles. The van der Waals surface area contributed by atoms with Gasteiger partial charge in [0, 0.05) is 20.5 Å². The van der Waals surface area contributed by atoms with Gasteiger partial charge >= 0.3 is 5.97 Å². The number of hydrogen-bond acceptors (Lipinski definition) is 4. The van der Waals surface area contributed by atoms with Crippen LogP contribution in [0.4, 0.5) is 5.00 Å². The highest BCUT2D eigenvalue weighted by atomic mass is 79.9. The molecule has 0 atom stereocenters. The normalized spacial score (nSPS) is 10.5. The predicted molar refractivity (Wildman–Crippen MR) is 113 cm³/mol. The molecule has 6 heteroatoms. The third-order valence-electron chi connectivity index (χ3n) is 4.09. The van der Waals surface area contributed by atoms with Crippen molar-refractivity contribution in [2.24, 2.45) is 0 Å². The van der Waals surface area contributed by atoms with Crippen LogP contribution in [0.5, 0.6) is 0 Å². The fourth-order valence-electron chi connectivity index (χ4n) is 2.80. The van der Waals surface area contributed by atoms with E-state index in [4.69, 9.17) is 4.74 Å². The Balaban J connectivity index is 2.10. The number of hydrogen-bond donors (Lipinski definition) is 1. The summed E-state index contributed by atoms with van der Waals surface area (Å²) in [5.41, 5.74) is 2.65. The number of carbonyl (C=O) groups is 2. The second-order valence-corrected chi connectivity index (χ2v) is 7.80. The van der Waals surface area contributed by atoms with Crippen LogP contribution in [-0.4, -0.2) is 19.0 Å². The van der Waals surface area contributed by atoms with Gasteiger partial charge in [-0.25, -0.2) is 4.79 Å². The summed E-state index contributed by atoms with van der Waals surface area (Å²) in [5.74, 6) is -0.723. The molecule has 2 aromatic carbocycles. The number of thiophene rings is 1. The van der Waals surface area contributed by atoms with Gasteiger partial charge < -0.3 is 10.1 Å². The summed E-state index contributed by atoms with van der Waals surface area (Å²) in [7, 11) is 1.35. The van der Waals surface area contributed by atoms with E-state index in [0.29, 0.717) is 16.1 Å². The number of methoxy groups -OCH3 is 1. The molecule has 0 spiro atoms. The Kier molecular flexibility index (Phi) is 6.08. The first-order valence-electron chi connectivity index (χ1n) is 8.41. The lowest BCUT2D eigenvalue weighted by molar-refractivity contribution is 0.0603. The number of nitrogens with one attached hydrogen (secondary N) is 1. The Hall–Kier alpha value is -2.44. The molecule has 0 saturated heterocycles. The van der Waals surface area contributed by atoms with Gasteiger partial charge in [0.05, 0.1) is 7.11 Å². The van der Waals surface area contributed by atoms with Crippen molar-refractivity contribution in [2.75, 3.05) is 12.4 Å². The first-order chi connectivity index (χ1) is 13.0. The van der Waals surface area contributed by atoms with E-state index in [9.17, 15) is 9.59 Å². The van der Waals surface area contributed by atoms with Gasteiger partial charge in [-0.3, -0.25) is 4.79 Å². The summed E-state index contributed by atoms with van der Waals surface area (Å²) in [5, 5.41) is 3.39. The Labute approximate surface area is 170 Å². The standard InChI is InChI=1S/C21H18BrNO3S/c1-3-16-17(13-9-11-15(22)12-10-13)18(21(25)26-2)20(27-16)23-19(24)14-7-5-4-6-8-14/h4-12H,3H2,1-2H3,(H,23,24). The van der Waals surface area contributed by atoms with Crippen molar-refractivity contribution < 1.29 is 14.3 Å². The zero-order chi connectivity index (χ0) is 19.4. The SMILES string of the molecule is CCc1sc(NC(=O)c2ccccc2)c(C(=O)OC)c1-c1ccc(Br)cc1. The van der Waals surface area contributed by atoms with Gasteiger partial charge in [0.1, 0.15) is 10.6 Å². The van der Waals surface area contributed by atoms with Crippen molar-refractivity contribution in [1.29, 1.82) is 0 Å². The monoisotopic (exact) mass is 443 g/mol. The number of aryl methyl sites for hydroxylation is 1. The smallest absolute Gasteiger partial charge is 0.341 e.